The largest absolute Gasteiger partial charge is 0.435 e. The summed E-state index contributed by atoms with van der Waals surface area (Å²) in [6.07, 6.45) is 2.42. The van der Waals surface area contributed by atoms with Crippen molar-refractivity contribution in [1.29, 1.82) is 5.41 Å². The third kappa shape index (κ3) is 7.40. The summed E-state index contributed by atoms with van der Waals surface area (Å²) in [5, 5.41) is 15.3. The lowest BCUT2D eigenvalue weighted by Gasteiger charge is -2.30. The van der Waals surface area contributed by atoms with Crippen molar-refractivity contribution in [3.63, 3.8) is 0 Å². The van der Waals surface area contributed by atoms with Gasteiger partial charge >= 0.3 is 6.61 Å². The molecule has 2 aromatic carbocycles. The average Bonchev–Trinajstić information content (AvgIpc) is 3.14. The zero-order valence-electron chi connectivity index (χ0n) is 21.3. The Morgan fingerprint density at radius 3 is 2.63 bits per heavy atom. The van der Waals surface area contributed by atoms with Gasteiger partial charge in [-0.1, -0.05) is 42.5 Å². The van der Waals surface area contributed by atoms with Gasteiger partial charge in [-0.2, -0.15) is 8.78 Å². The zero-order valence-corrected chi connectivity index (χ0v) is 22.1. The van der Waals surface area contributed by atoms with Gasteiger partial charge in [0.2, 0.25) is 5.91 Å². The highest BCUT2D eigenvalue weighted by Gasteiger charge is 2.39. The van der Waals surface area contributed by atoms with E-state index in [1.807, 2.05) is 30.3 Å². The molecular formula is C28H33F2N3O4S. The normalized spacial score (nSPS) is 22.8. The molecule has 0 bridgehead atoms. The third-order valence-electron chi connectivity index (χ3n) is 7.08. The van der Waals surface area contributed by atoms with Gasteiger partial charge in [-0.15, -0.1) is 0 Å². The Balaban J connectivity index is 1.50. The molecule has 1 fully saturated rings. The number of benzene rings is 2. The van der Waals surface area contributed by atoms with Crippen molar-refractivity contribution in [2.24, 2.45) is 5.92 Å². The van der Waals surface area contributed by atoms with Gasteiger partial charge in [0.25, 0.3) is 0 Å². The molecule has 204 valence electrons. The quantitative estimate of drug-likeness (QED) is 0.379. The first-order valence-electron chi connectivity index (χ1n) is 12.7. The molecule has 0 aromatic heterocycles. The summed E-state index contributed by atoms with van der Waals surface area (Å²) in [7, 11) is -3.13. The summed E-state index contributed by atoms with van der Waals surface area (Å²) in [5.41, 5.74) is 2.65. The van der Waals surface area contributed by atoms with E-state index in [1.54, 1.807) is 19.1 Å². The van der Waals surface area contributed by atoms with E-state index in [-0.39, 0.29) is 41.2 Å². The molecule has 1 unspecified atom stereocenters. The number of alkyl halides is 2. The summed E-state index contributed by atoms with van der Waals surface area (Å²) >= 11 is 0. The second-order valence-electron chi connectivity index (χ2n) is 10.3. The standard InChI is InChI=1S/C28H33F2N3O4S/c1-28(12-13-38(35,36)18-28)33-25(34)15-20-10-11-23(24(14-20)32-17-19-6-3-2-4-7-19)26(31)21-8-5-9-22(16-21)37-27(29)30/h2-9,16,20,27,31-32H,10-15,17-18H2,1H3,(H,33,34)/t20?,28-/m0/s1. The minimum absolute atomic E-state index is 0.00516. The van der Waals surface area contributed by atoms with Gasteiger partial charge in [0, 0.05) is 24.2 Å². The molecule has 2 atom stereocenters. The fourth-order valence-corrected chi connectivity index (χ4v) is 7.30. The second-order valence-corrected chi connectivity index (χ2v) is 12.5. The van der Waals surface area contributed by atoms with Crippen LogP contribution in [0.3, 0.4) is 0 Å². The van der Waals surface area contributed by atoms with Crippen LogP contribution in [0.2, 0.25) is 0 Å². The van der Waals surface area contributed by atoms with Crippen LogP contribution in [0.1, 0.15) is 50.2 Å². The van der Waals surface area contributed by atoms with Gasteiger partial charge in [0.1, 0.15) is 5.75 Å². The Hall–Kier alpha value is -3.27. The number of allylic oxidation sites excluding steroid dienone is 2. The number of nitrogens with one attached hydrogen (secondary N) is 3. The van der Waals surface area contributed by atoms with E-state index < -0.39 is 22.0 Å². The SMILES string of the molecule is C[C@]1(NC(=O)CC2CCC(C(=N)c3cccc(OC(F)F)c3)=C(NCc3ccccc3)C2)CCS(=O)(=O)C1. The van der Waals surface area contributed by atoms with E-state index in [1.165, 1.54) is 12.1 Å². The minimum atomic E-state index is -3.13. The number of amides is 1. The van der Waals surface area contributed by atoms with Crippen molar-refractivity contribution in [3.8, 4) is 5.75 Å². The molecule has 1 aliphatic heterocycles. The molecule has 1 aliphatic carbocycles. The van der Waals surface area contributed by atoms with Crippen LogP contribution in [0.4, 0.5) is 8.78 Å². The molecule has 1 heterocycles. The molecule has 2 aliphatic rings. The lowest BCUT2D eigenvalue weighted by molar-refractivity contribution is -0.123. The van der Waals surface area contributed by atoms with Crippen molar-refractivity contribution >= 4 is 21.5 Å². The van der Waals surface area contributed by atoms with Crippen molar-refractivity contribution in [1.82, 2.24) is 10.6 Å². The van der Waals surface area contributed by atoms with Crippen LogP contribution >= 0.6 is 0 Å². The van der Waals surface area contributed by atoms with Gasteiger partial charge in [-0.25, -0.2) is 8.42 Å². The number of carbonyl (C=O) groups is 1. The lowest BCUT2D eigenvalue weighted by atomic mass is 9.81. The van der Waals surface area contributed by atoms with Crippen molar-refractivity contribution in [2.45, 2.75) is 57.7 Å². The summed E-state index contributed by atoms with van der Waals surface area (Å²) in [6, 6.07) is 16.0. The molecule has 0 radical (unpaired) electrons. The maximum atomic E-state index is 12.9. The first-order chi connectivity index (χ1) is 18.0. The third-order valence-corrected chi connectivity index (χ3v) is 8.98. The fraction of sp³-hybridized carbons (Fsp3) is 0.429. The van der Waals surface area contributed by atoms with E-state index in [0.717, 1.165) is 16.8 Å². The maximum Gasteiger partial charge on any atom is 0.387 e. The Morgan fingerprint density at radius 1 is 1.18 bits per heavy atom. The average molecular weight is 546 g/mol. The molecule has 7 nitrogen and oxygen atoms in total. The first kappa shape index (κ1) is 27.8. The number of halogens is 2. The number of ether oxygens (including phenoxy) is 1. The molecule has 4 rings (SSSR count). The molecule has 1 amide bonds. The van der Waals surface area contributed by atoms with E-state index in [2.05, 4.69) is 15.4 Å². The predicted molar refractivity (Wildman–Crippen MR) is 142 cm³/mol. The Kier molecular flexibility index (Phi) is 8.50. The Morgan fingerprint density at radius 2 is 1.95 bits per heavy atom. The lowest BCUT2D eigenvalue weighted by Crippen LogP contribution is -2.47. The zero-order chi connectivity index (χ0) is 27.3. The monoisotopic (exact) mass is 545 g/mol. The summed E-state index contributed by atoms with van der Waals surface area (Å²) in [5.74, 6) is -0.129. The first-order valence-corrected chi connectivity index (χ1v) is 14.5. The number of sulfone groups is 1. The highest BCUT2D eigenvalue weighted by atomic mass is 32.2. The molecule has 10 heteroatoms. The number of carbonyl (C=O) groups excluding carboxylic acids is 1. The number of hydrogen-bond donors (Lipinski definition) is 3. The highest BCUT2D eigenvalue weighted by Crippen LogP contribution is 2.33. The van der Waals surface area contributed by atoms with Crippen LogP contribution in [0.5, 0.6) is 5.75 Å². The van der Waals surface area contributed by atoms with Crippen molar-refractivity contribution in [2.75, 3.05) is 11.5 Å². The highest BCUT2D eigenvalue weighted by molar-refractivity contribution is 7.91. The van der Waals surface area contributed by atoms with Crippen LogP contribution in [0.15, 0.2) is 65.9 Å². The number of rotatable bonds is 10. The predicted octanol–water partition coefficient (Wildman–Crippen LogP) is 4.58. The molecule has 2 aromatic rings. The van der Waals surface area contributed by atoms with Crippen LogP contribution in [0, 0.1) is 11.3 Å². The van der Waals surface area contributed by atoms with Crippen molar-refractivity contribution < 1.29 is 26.7 Å². The summed E-state index contributed by atoms with van der Waals surface area (Å²) < 4.78 is 53.8. The second kappa shape index (κ2) is 11.6. The smallest absolute Gasteiger partial charge is 0.387 e. The van der Waals surface area contributed by atoms with Gasteiger partial charge in [0.05, 0.1) is 22.8 Å². The van der Waals surface area contributed by atoms with Crippen LogP contribution in [-0.4, -0.2) is 43.7 Å². The molecular weight excluding hydrogens is 512 g/mol. The van der Waals surface area contributed by atoms with E-state index in [9.17, 15) is 22.0 Å². The van der Waals surface area contributed by atoms with E-state index >= 15 is 0 Å². The molecule has 0 spiro atoms. The van der Waals surface area contributed by atoms with E-state index in [4.69, 9.17) is 5.41 Å². The summed E-state index contributed by atoms with van der Waals surface area (Å²) in [4.78, 5) is 12.9. The molecule has 0 saturated carbocycles. The minimum Gasteiger partial charge on any atom is -0.435 e. The number of hydrogen-bond acceptors (Lipinski definition) is 6. The topological polar surface area (TPSA) is 108 Å². The summed E-state index contributed by atoms with van der Waals surface area (Å²) in [6.45, 7) is -0.639. The van der Waals surface area contributed by atoms with Crippen LogP contribution in [0.25, 0.3) is 0 Å². The van der Waals surface area contributed by atoms with Gasteiger partial charge in [-0.3, -0.25) is 10.2 Å². The molecule has 38 heavy (non-hydrogen) atoms. The van der Waals surface area contributed by atoms with Crippen molar-refractivity contribution in [3.05, 3.63) is 77.0 Å². The van der Waals surface area contributed by atoms with Crippen LogP contribution in [-0.2, 0) is 21.2 Å². The van der Waals surface area contributed by atoms with Gasteiger partial charge in [-0.05, 0) is 61.8 Å². The van der Waals surface area contributed by atoms with Crippen LogP contribution < -0.4 is 15.4 Å². The van der Waals surface area contributed by atoms with Gasteiger partial charge < -0.3 is 15.4 Å². The Bertz CT molecular complexity index is 1310. The fourth-order valence-electron chi connectivity index (χ4n) is 5.21. The maximum absolute atomic E-state index is 12.9. The Labute approximate surface area is 222 Å². The molecule has 1 saturated heterocycles. The molecule has 3 N–H and O–H groups in total. The van der Waals surface area contributed by atoms with E-state index in [0.29, 0.717) is 37.8 Å². The van der Waals surface area contributed by atoms with Gasteiger partial charge in [0.15, 0.2) is 9.84 Å².